The molecule has 0 heterocycles. The fraction of sp³-hybridized carbons (Fsp3) is 0.250. The van der Waals surface area contributed by atoms with E-state index in [1.807, 2.05) is 48.5 Å². The minimum absolute atomic E-state index is 0.389. The van der Waals surface area contributed by atoms with Crippen LogP contribution in [0.25, 0.3) is 0 Å². The Balaban J connectivity index is 2.20. The maximum Gasteiger partial charge on any atom is 0.111 e. The van der Waals surface area contributed by atoms with E-state index in [1.54, 1.807) is 6.92 Å². The van der Waals surface area contributed by atoms with E-state index >= 15 is 0 Å². The Morgan fingerprint density at radius 3 is 2.15 bits per heavy atom. The molecule has 0 aliphatic carbocycles. The molecule has 2 rings (SSSR count). The molecule has 1 N–H and O–H groups in total. The summed E-state index contributed by atoms with van der Waals surface area (Å²) >= 11 is 7.04. The predicted octanol–water partition coefficient (Wildman–Crippen LogP) is 4.85. The van der Waals surface area contributed by atoms with Crippen LogP contribution in [0, 0.1) is 0 Å². The predicted molar refractivity (Wildman–Crippen MR) is 87.5 cm³/mol. The quantitative estimate of drug-likeness (QED) is 0.778. The lowest BCUT2D eigenvalue weighted by Crippen LogP contribution is -2.19. The molecule has 0 aromatic heterocycles. The molecule has 20 heavy (non-hydrogen) atoms. The molecule has 0 saturated carbocycles. The van der Waals surface area contributed by atoms with Crippen molar-refractivity contribution in [2.45, 2.75) is 25.7 Å². The molecule has 0 aliphatic rings. The first-order valence-corrected chi connectivity index (χ1v) is 7.95. The topological polar surface area (TPSA) is 29.5 Å². The fourth-order valence-corrected chi connectivity index (χ4v) is 3.46. The van der Waals surface area contributed by atoms with Gasteiger partial charge in [0.05, 0.1) is 12.7 Å². The lowest BCUT2D eigenvalue weighted by molar-refractivity contribution is -0.0409. The average molecular weight is 400 g/mol. The van der Waals surface area contributed by atoms with E-state index in [2.05, 4.69) is 31.9 Å². The zero-order valence-electron chi connectivity index (χ0n) is 11.1. The van der Waals surface area contributed by atoms with Crippen molar-refractivity contribution < 1.29 is 9.84 Å². The van der Waals surface area contributed by atoms with Crippen LogP contribution in [0.3, 0.4) is 0 Å². The maximum absolute atomic E-state index is 10.0. The lowest BCUT2D eigenvalue weighted by Gasteiger charge is -2.23. The van der Waals surface area contributed by atoms with Crippen molar-refractivity contribution in [3.63, 3.8) is 0 Å². The largest absolute Gasteiger partial charge is 0.390 e. The van der Waals surface area contributed by atoms with Gasteiger partial charge in [-0.05, 0) is 24.6 Å². The molecule has 0 spiro atoms. The van der Waals surface area contributed by atoms with E-state index in [0.29, 0.717) is 6.61 Å². The highest BCUT2D eigenvalue weighted by Crippen LogP contribution is 2.35. The van der Waals surface area contributed by atoms with Gasteiger partial charge < -0.3 is 9.84 Å². The van der Waals surface area contributed by atoms with E-state index in [4.69, 9.17) is 4.74 Å². The highest BCUT2D eigenvalue weighted by molar-refractivity contribution is 9.11. The van der Waals surface area contributed by atoms with E-state index in [9.17, 15) is 5.11 Å². The number of halogens is 2. The van der Waals surface area contributed by atoms with Crippen molar-refractivity contribution >= 4 is 31.9 Å². The Hall–Kier alpha value is -0.680. The standard InChI is InChI=1S/C16H16Br2O2/c1-11(19)16(15-13(17)8-5-9-14(15)18)20-10-12-6-3-2-4-7-12/h2-9,11,16,19H,10H2,1H3/t11-,16?/m0/s1. The van der Waals surface area contributed by atoms with Gasteiger partial charge in [0.25, 0.3) is 0 Å². The van der Waals surface area contributed by atoms with Gasteiger partial charge in [-0.25, -0.2) is 0 Å². The van der Waals surface area contributed by atoms with Crippen LogP contribution in [-0.2, 0) is 11.3 Å². The van der Waals surface area contributed by atoms with Gasteiger partial charge in [0.1, 0.15) is 6.10 Å². The fourth-order valence-electron chi connectivity index (χ4n) is 2.01. The van der Waals surface area contributed by atoms with Crippen LogP contribution in [0.15, 0.2) is 57.5 Å². The summed E-state index contributed by atoms with van der Waals surface area (Å²) in [6.45, 7) is 2.20. The summed E-state index contributed by atoms with van der Waals surface area (Å²) < 4.78 is 7.77. The van der Waals surface area contributed by atoms with Gasteiger partial charge in [0, 0.05) is 14.5 Å². The number of rotatable bonds is 5. The minimum atomic E-state index is -0.603. The molecular weight excluding hydrogens is 384 g/mol. The molecule has 4 heteroatoms. The lowest BCUT2D eigenvalue weighted by atomic mass is 10.1. The Morgan fingerprint density at radius 1 is 1.00 bits per heavy atom. The summed E-state index contributed by atoms with van der Waals surface area (Å²) in [6, 6.07) is 15.8. The van der Waals surface area contributed by atoms with Crippen molar-refractivity contribution in [1.29, 1.82) is 0 Å². The summed E-state index contributed by atoms with van der Waals surface area (Å²) in [6.07, 6.45) is -0.992. The van der Waals surface area contributed by atoms with E-state index in [0.717, 1.165) is 20.1 Å². The van der Waals surface area contributed by atoms with Crippen molar-refractivity contribution in [3.05, 3.63) is 68.6 Å². The number of ether oxygens (including phenoxy) is 1. The van der Waals surface area contributed by atoms with Crippen molar-refractivity contribution in [1.82, 2.24) is 0 Å². The third-order valence-electron chi connectivity index (χ3n) is 2.99. The SMILES string of the molecule is C[C@H](O)C(OCc1ccccc1)c1c(Br)cccc1Br. The highest BCUT2D eigenvalue weighted by atomic mass is 79.9. The van der Waals surface area contributed by atoms with Crippen LogP contribution < -0.4 is 0 Å². The van der Waals surface area contributed by atoms with Gasteiger partial charge in [-0.2, -0.15) is 0 Å². The third kappa shape index (κ3) is 3.92. The molecule has 0 bridgehead atoms. The number of aliphatic hydroxyl groups excluding tert-OH is 1. The Morgan fingerprint density at radius 2 is 1.60 bits per heavy atom. The smallest absolute Gasteiger partial charge is 0.111 e. The zero-order chi connectivity index (χ0) is 14.5. The molecule has 106 valence electrons. The minimum Gasteiger partial charge on any atom is -0.390 e. The van der Waals surface area contributed by atoms with Crippen molar-refractivity contribution in [2.24, 2.45) is 0 Å². The van der Waals surface area contributed by atoms with Crippen LogP contribution in [0.4, 0.5) is 0 Å². The van der Waals surface area contributed by atoms with E-state index in [-0.39, 0.29) is 6.10 Å². The average Bonchev–Trinajstić information content (AvgIpc) is 2.42. The molecule has 2 atom stereocenters. The molecule has 2 nitrogen and oxygen atoms in total. The summed E-state index contributed by atoms with van der Waals surface area (Å²) in [5.41, 5.74) is 2.01. The molecule has 0 radical (unpaired) electrons. The monoisotopic (exact) mass is 398 g/mol. The zero-order valence-corrected chi connectivity index (χ0v) is 14.3. The van der Waals surface area contributed by atoms with Crippen LogP contribution in [0.2, 0.25) is 0 Å². The van der Waals surface area contributed by atoms with Crippen LogP contribution in [-0.4, -0.2) is 11.2 Å². The molecule has 0 aliphatic heterocycles. The number of hydrogen-bond acceptors (Lipinski definition) is 2. The van der Waals surface area contributed by atoms with Crippen LogP contribution in [0.1, 0.15) is 24.2 Å². The van der Waals surface area contributed by atoms with E-state index in [1.165, 1.54) is 0 Å². The Bertz CT molecular complexity index is 535. The summed E-state index contributed by atoms with van der Waals surface area (Å²) in [4.78, 5) is 0. The first-order chi connectivity index (χ1) is 9.59. The van der Waals surface area contributed by atoms with Crippen molar-refractivity contribution in [2.75, 3.05) is 0 Å². The molecule has 2 aromatic rings. The molecule has 0 saturated heterocycles. The Labute approximate surface area is 136 Å². The number of aliphatic hydroxyl groups is 1. The summed E-state index contributed by atoms with van der Waals surface area (Å²) in [7, 11) is 0. The number of benzene rings is 2. The van der Waals surface area contributed by atoms with Crippen molar-refractivity contribution in [3.8, 4) is 0 Å². The second-order valence-electron chi connectivity index (χ2n) is 4.59. The van der Waals surface area contributed by atoms with Gasteiger partial charge in [-0.15, -0.1) is 0 Å². The van der Waals surface area contributed by atoms with Crippen LogP contribution >= 0.6 is 31.9 Å². The van der Waals surface area contributed by atoms with Gasteiger partial charge in [0.15, 0.2) is 0 Å². The molecule has 2 aromatic carbocycles. The van der Waals surface area contributed by atoms with Gasteiger partial charge in [-0.1, -0.05) is 68.3 Å². The van der Waals surface area contributed by atoms with Crippen LogP contribution in [0.5, 0.6) is 0 Å². The highest BCUT2D eigenvalue weighted by Gasteiger charge is 2.23. The second kappa shape index (κ2) is 7.36. The third-order valence-corrected chi connectivity index (χ3v) is 4.38. The summed E-state index contributed by atoms with van der Waals surface area (Å²) in [5.74, 6) is 0. The first kappa shape index (κ1) is 15.7. The second-order valence-corrected chi connectivity index (χ2v) is 6.30. The van der Waals surface area contributed by atoms with E-state index < -0.39 is 6.10 Å². The molecule has 0 amide bonds. The first-order valence-electron chi connectivity index (χ1n) is 6.37. The summed E-state index contributed by atoms with van der Waals surface area (Å²) in [5, 5.41) is 10.0. The van der Waals surface area contributed by atoms with Gasteiger partial charge in [0.2, 0.25) is 0 Å². The normalized spacial score (nSPS) is 14.0. The molecular formula is C16H16Br2O2. The van der Waals surface area contributed by atoms with Gasteiger partial charge >= 0.3 is 0 Å². The Kier molecular flexibility index (Phi) is 5.78. The molecule has 0 fully saturated rings. The maximum atomic E-state index is 10.0. The van der Waals surface area contributed by atoms with Gasteiger partial charge in [-0.3, -0.25) is 0 Å². The molecule has 1 unspecified atom stereocenters. The number of hydrogen-bond donors (Lipinski definition) is 1.